The summed E-state index contributed by atoms with van der Waals surface area (Å²) in [5, 5.41) is 12.5. The number of amides is 1. The molecule has 0 saturated carbocycles. The van der Waals surface area contributed by atoms with Gasteiger partial charge in [0.05, 0.1) is 22.2 Å². The lowest BCUT2D eigenvalue weighted by Gasteiger charge is -2.29. The number of carbonyl (C=O) groups excluding carboxylic acids is 1. The monoisotopic (exact) mass is 561 g/mol. The number of nitrogens with zero attached hydrogens (tertiary/aromatic N) is 1. The number of carboxylic acid groups (broad SMARTS) is 1. The summed E-state index contributed by atoms with van der Waals surface area (Å²) in [6.07, 6.45) is 0.105. The van der Waals surface area contributed by atoms with Crippen molar-refractivity contribution in [2.24, 2.45) is 0 Å². The molecule has 1 heterocycles. The van der Waals surface area contributed by atoms with Crippen LogP contribution in [0.3, 0.4) is 0 Å². The SMILES string of the molecule is O=C(O)[C@H](Cc1ccccc1)N(Cc1cc(-c2ccc(Cl)c(F)c2)cs1)C(=O)c1ccc(Cl)cc1Cl. The van der Waals surface area contributed by atoms with Crippen molar-refractivity contribution < 1.29 is 19.1 Å². The van der Waals surface area contributed by atoms with E-state index in [2.05, 4.69) is 0 Å². The quantitative estimate of drug-likeness (QED) is 0.238. The number of thiophene rings is 1. The molecule has 36 heavy (non-hydrogen) atoms. The van der Waals surface area contributed by atoms with Crippen LogP contribution in [0.25, 0.3) is 11.1 Å². The third-order valence-corrected chi connectivity index (χ3v) is 7.36. The Labute approximate surface area is 226 Å². The van der Waals surface area contributed by atoms with Crippen molar-refractivity contribution in [3.63, 3.8) is 0 Å². The number of carboxylic acids is 1. The van der Waals surface area contributed by atoms with Gasteiger partial charge in [-0.3, -0.25) is 4.79 Å². The van der Waals surface area contributed by atoms with Gasteiger partial charge in [0.2, 0.25) is 0 Å². The Hall–Kier alpha value is -2.90. The highest BCUT2D eigenvalue weighted by molar-refractivity contribution is 7.10. The molecule has 0 aliphatic heterocycles. The minimum absolute atomic E-state index is 0.0162. The Bertz CT molecular complexity index is 1410. The van der Waals surface area contributed by atoms with Crippen LogP contribution in [0.2, 0.25) is 15.1 Å². The molecule has 0 unspecified atom stereocenters. The first-order chi connectivity index (χ1) is 17.2. The van der Waals surface area contributed by atoms with E-state index in [0.717, 1.165) is 16.0 Å². The first-order valence-corrected chi connectivity index (χ1v) is 12.8. The fraction of sp³-hybridized carbons (Fsp3) is 0.111. The van der Waals surface area contributed by atoms with Crippen LogP contribution in [0.15, 0.2) is 78.2 Å². The van der Waals surface area contributed by atoms with Crippen molar-refractivity contribution in [3.05, 3.63) is 115 Å². The van der Waals surface area contributed by atoms with Crippen LogP contribution in [0, 0.1) is 5.82 Å². The highest BCUT2D eigenvalue weighted by atomic mass is 35.5. The van der Waals surface area contributed by atoms with Crippen molar-refractivity contribution in [1.29, 1.82) is 0 Å². The van der Waals surface area contributed by atoms with Crippen LogP contribution >= 0.6 is 46.1 Å². The van der Waals surface area contributed by atoms with Gasteiger partial charge in [-0.1, -0.05) is 71.2 Å². The van der Waals surface area contributed by atoms with E-state index in [0.29, 0.717) is 10.6 Å². The van der Waals surface area contributed by atoms with Crippen LogP contribution in [0.5, 0.6) is 0 Å². The second-order valence-corrected chi connectivity index (χ2v) is 10.3. The molecular formula is C27H19Cl3FNO3S. The molecule has 0 aliphatic carbocycles. The number of halogens is 4. The smallest absolute Gasteiger partial charge is 0.326 e. The zero-order chi connectivity index (χ0) is 25.8. The number of hydrogen-bond donors (Lipinski definition) is 1. The number of hydrogen-bond acceptors (Lipinski definition) is 3. The average Bonchev–Trinajstić information content (AvgIpc) is 3.32. The molecule has 1 aromatic heterocycles. The Kier molecular flexibility index (Phi) is 8.32. The molecule has 0 saturated heterocycles. The molecule has 1 amide bonds. The molecule has 0 bridgehead atoms. The van der Waals surface area contributed by atoms with Gasteiger partial charge in [0.25, 0.3) is 5.91 Å². The van der Waals surface area contributed by atoms with Crippen LogP contribution in [0.1, 0.15) is 20.8 Å². The van der Waals surface area contributed by atoms with Gasteiger partial charge in [-0.05, 0) is 58.5 Å². The number of benzene rings is 3. The van der Waals surface area contributed by atoms with Gasteiger partial charge in [-0.2, -0.15) is 0 Å². The Morgan fingerprint density at radius 2 is 1.67 bits per heavy atom. The van der Waals surface area contributed by atoms with E-state index in [1.165, 1.54) is 46.6 Å². The minimum Gasteiger partial charge on any atom is -0.480 e. The highest BCUT2D eigenvalue weighted by Gasteiger charge is 2.32. The van der Waals surface area contributed by atoms with Crippen molar-refractivity contribution in [1.82, 2.24) is 4.90 Å². The first-order valence-electron chi connectivity index (χ1n) is 10.8. The molecule has 4 aromatic rings. The first kappa shape index (κ1) is 26.2. The molecule has 4 nitrogen and oxygen atoms in total. The molecule has 1 N–H and O–H groups in total. The summed E-state index contributed by atoms with van der Waals surface area (Å²) in [6.45, 7) is 0.0162. The number of carbonyl (C=O) groups is 2. The molecule has 4 rings (SSSR count). The maximum atomic E-state index is 14.0. The number of rotatable bonds is 8. The van der Waals surface area contributed by atoms with E-state index in [1.807, 2.05) is 35.7 Å². The largest absolute Gasteiger partial charge is 0.480 e. The minimum atomic E-state index is -1.16. The van der Waals surface area contributed by atoms with E-state index in [4.69, 9.17) is 34.8 Å². The zero-order valence-electron chi connectivity index (χ0n) is 18.6. The summed E-state index contributed by atoms with van der Waals surface area (Å²) >= 11 is 19.4. The predicted molar refractivity (Wildman–Crippen MR) is 143 cm³/mol. The van der Waals surface area contributed by atoms with Gasteiger partial charge >= 0.3 is 5.97 Å². The third-order valence-electron chi connectivity index (χ3n) is 5.59. The van der Waals surface area contributed by atoms with Gasteiger partial charge in [0.1, 0.15) is 11.9 Å². The maximum absolute atomic E-state index is 14.0. The van der Waals surface area contributed by atoms with Gasteiger partial charge in [-0.25, -0.2) is 9.18 Å². The lowest BCUT2D eigenvalue weighted by atomic mass is 10.0. The number of aliphatic carboxylic acids is 1. The standard InChI is InChI=1S/C27H19Cl3FNO3S/c28-19-7-8-21(23(30)13-19)26(33)32(25(27(34)35)10-16-4-2-1-3-5-16)14-20-11-18(15-36-20)17-6-9-22(29)24(31)12-17/h1-9,11-13,15,25H,10,14H2,(H,34,35)/t25-/m0/s1. The summed E-state index contributed by atoms with van der Waals surface area (Å²) in [7, 11) is 0. The molecule has 9 heteroatoms. The molecule has 184 valence electrons. The van der Waals surface area contributed by atoms with Crippen molar-refractivity contribution >= 4 is 58.0 Å². The topological polar surface area (TPSA) is 57.6 Å². The van der Waals surface area contributed by atoms with E-state index in [-0.39, 0.29) is 28.6 Å². The second-order valence-electron chi connectivity index (χ2n) is 8.03. The molecule has 0 aliphatic rings. The zero-order valence-corrected chi connectivity index (χ0v) is 21.7. The highest BCUT2D eigenvalue weighted by Crippen LogP contribution is 2.31. The lowest BCUT2D eigenvalue weighted by Crippen LogP contribution is -2.46. The molecule has 1 atom stereocenters. The van der Waals surface area contributed by atoms with E-state index >= 15 is 0 Å². The van der Waals surface area contributed by atoms with Gasteiger partial charge in [0.15, 0.2) is 0 Å². The predicted octanol–water partition coefficient (Wildman–Crippen LogP) is 7.85. The molecule has 0 fully saturated rings. The normalized spacial score (nSPS) is 11.8. The van der Waals surface area contributed by atoms with Crippen molar-refractivity contribution in [2.45, 2.75) is 19.0 Å². The summed E-state index contributed by atoms with van der Waals surface area (Å²) < 4.78 is 14.0. The second kappa shape index (κ2) is 11.4. The maximum Gasteiger partial charge on any atom is 0.326 e. The summed E-state index contributed by atoms with van der Waals surface area (Å²) in [6, 6.07) is 18.7. The van der Waals surface area contributed by atoms with Crippen molar-refractivity contribution in [2.75, 3.05) is 0 Å². The molecular weight excluding hydrogens is 544 g/mol. The summed E-state index contributed by atoms with van der Waals surface area (Å²) in [5.74, 6) is -2.22. The average molecular weight is 563 g/mol. The summed E-state index contributed by atoms with van der Waals surface area (Å²) in [4.78, 5) is 28.1. The Morgan fingerprint density at radius 1 is 0.917 bits per heavy atom. The molecule has 0 radical (unpaired) electrons. The van der Waals surface area contributed by atoms with Gasteiger partial charge < -0.3 is 10.0 Å². The van der Waals surface area contributed by atoms with Crippen molar-refractivity contribution in [3.8, 4) is 11.1 Å². The van der Waals surface area contributed by atoms with Crippen LogP contribution in [-0.2, 0) is 17.8 Å². The van der Waals surface area contributed by atoms with Crippen LogP contribution < -0.4 is 0 Å². The van der Waals surface area contributed by atoms with Gasteiger partial charge in [-0.15, -0.1) is 11.3 Å². The Morgan fingerprint density at radius 3 is 2.33 bits per heavy atom. The van der Waals surface area contributed by atoms with E-state index in [1.54, 1.807) is 12.1 Å². The Balaban J connectivity index is 1.70. The third kappa shape index (κ3) is 6.08. The fourth-order valence-corrected chi connectivity index (χ4v) is 5.27. The lowest BCUT2D eigenvalue weighted by molar-refractivity contribution is -0.142. The van der Waals surface area contributed by atoms with Crippen LogP contribution in [-0.4, -0.2) is 27.9 Å². The fourth-order valence-electron chi connectivity index (χ4n) is 3.77. The van der Waals surface area contributed by atoms with Gasteiger partial charge in [0, 0.05) is 16.3 Å². The molecule has 0 spiro atoms. The van der Waals surface area contributed by atoms with Crippen LogP contribution in [0.4, 0.5) is 4.39 Å². The summed E-state index contributed by atoms with van der Waals surface area (Å²) in [5.41, 5.74) is 2.28. The molecule has 3 aromatic carbocycles. The van der Waals surface area contributed by atoms with E-state index in [9.17, 15) is 19.1 Å². The van der Waals surface area contributed by atoms with E-state index < -0.39 is 23.7 Å².